The van der Waals surface area contributed by atoms with Gasteiger partial charge >= 0.3 is 0 Å². The minimum Gasteiger partial charge on any atom is -0.305 e. The lowest BCUT2D eigenvalue weighted by atomic mass is 10.6. The first kappa shape index (κ1) is 15.1. The SMILES string of the molecule is CCN(CC)[Si](C(C)C)(N(C)C)N(C)C. The summed E-state index contributed by atoms with van der Waals surface area (Å²) in [6.45, 7) is 11.5. The third-order valence-corrected chi connectivity index (χ3v) is 9.07. The molecule has 0 rings (SSSR count). The van der Waals surface area contributed by atoms with Crippen LogP contribution in [0.1, 0.15) is 27.7 Å². The Morgan fingerprint density at radius 1 is 0.867 bits per heavy atom. The van der Waals surface area contributed by atoms with E-state index in [1.54, 1.807) is 0 Å². The van der Waals surface area contributed by atoms with Gasteiger partial charge in [0.15, 0.2) is 0 Å². The van der Waals surface area contributed by atoms with E-state index in [1.807, 2.05) is 0 Å². The minimum atomic E-state index is -1.66. The van der Waals surface area contributed by atoms with Gasteiger partial charge in [-0.15, -0.1) is 0 Å². The summed E-state index contributed by atoms with van der Waals surface area (Å²) in [6, 6.07) is 0. The van der Waals surface area contributed by atoms with Crippen LogP contribution in [0.4, 0.5) is 0 Å². The van der Waals surface area contributed by atoms with Crippen LogP contribution in [0.5, 0.6) is 0 Å². The van der Waals surface area contributed by atoms with E-state index in [0.29, 0.717) is 5.54 Å². The molecule has 0 unspecified atom stereocenters. The van der Waals surface area contributed by atoms with Gasteiger partial charge in [-0.2, -0.15) is 0 Å². The summed E-state index contributed by atoms with van der Waals surface area (Å²) >= 11 is 0. The summed E-state index contributed by atoms with van der Waals surface area (Å²) in [5.41, 5.74) is 0.697. The molecule has 3 nitrogen and oxygen atoms in total. The van der Waals surface area contributed by atoms with Crippen molar-refractivity contribution < 1.29 is 0 Å². The van der Waals surface area contributed by atoms with Crippen LogP contribution in [0.2, 0.25) is 5.54 Å². The van der Waals surface area contributed by atoms with E-state index >= 15 is 0 Å². The molecule has 92 valence electrons. The largest absolute Gasteiger partial charge is 0.305 e. The molecule has 0 aliphatic rings. The summed E-state index contributed by atoms with van der Waals surface area (Å²) in [5.74, 6) is 0. The van der Waals surface area contributed by atoms with Crippen LogP contribution < -0.4 is 0 Å². The topological polar surface area (TPSA) is 9.72 Å². The molecule has 0 saturated heterocycles. The van der Waals surface area contributed by atoms with Crippen molar-refractivity contribution in [2.24, 2.45) is 0 Å². The third-order valence-electron chi connectivity index (χ3n) is 3.32. The zero-order valence-corrected chi connectivity index (χ0v) is 12.8. The van der Waals surface area contributed by atoms with Crippen LogP contribution in [0.15, 0.2) is 0 Å². The molecule has 0 aliphatic heterocycles. The van der Waals surface area contributed by atoms with Gasteiger partial charge in [-0.3, -0.25) is 4.57 Å². The Bertz CT molecular complexity index is 155. The molecular weight excluding hydrogens is 202 g/mol. The maximum absolute atomic E-state index is 2.65. The van der Waals surface area contributed by atoms with Gasteiger partial charge < -0.3 is 9.13 Å². The molecule has 0 spiro atoms. The van der Waals surface area contributed by atoms with Crippen molar-refractivity contribution >= 4 is 8.56 Å². The maximum atomic E-state index is 2.65. The molecule has 0 amide bonds. The van der Waals surface area contributed by atoms with E-state index in [9.17, 15) is 0 Å². The van der Waals surface area contributed by atoms with Crippen molar-refractivity contribution in [1.82, 2.24) is 13.7 Å². The monoisotopic (exact) mass is 231 g/mol. The van der Waals surface area contributed by atoms with Gasteiger partial charge in [0.25, 0.3) is 8.56 Å². The molecule has 0 saturated carbocycles. The quantitative estimate of drug-likeness (QED) is 0.646. The van der Waals surface area contributed by atoms with Crippen molar-refractivity contribution in [3.8, 4) is 0 Å². The Hall–Kier alpha value is 0.0969. The highest BCUT2D eigenvalue weighted by molar-refractivity contribution is 6.72. The first-order valence-electron chi connectivity index (χ1n) is 5.95. The fourth-order valence-corrected chi connectivity index (χ4v) is 8.71. The number of hydrogen-bond acceptors (Lipinski definition) is 3. The summed E-state index contributed by atoms with van der Waals surface area (Å²) in [6.07, 6.45) is 0. The second-order valence-corrected chi connectivity index (χ2v) is 9.75. The molecule has 0 aromatic heterocycles. The molecule has 0 aromatic rings. The highest BCUT2D eigenvalue weighted by Crippen LogP contribution is 2.28. The molecular formula is C11H29N3Si. The Balaban J connectivity index is 5.29. The van der Waals surface area contributed by atoms with E-state index in [-0.39, 0.29) is 0 Å². The van der Waals surface area contributed by atoms with E-state index in [4.69, 9.17) is 0 Å². The molecule has 15 heavy (non-hydrogen) atoms. The minimum absolute atomic E-state index is 0.697. The molecule has 0 heterocycles. The van der Waals surface area contributed by atoms with Crippen molar-refractivity contribution in [1.29, 1.82) is 0 Å². The van der Waals surface area contributed by atoms with Crippen LogP contribution in [0, 0.1) is 0 Å². The highest BCUT2D eigenvalue weighted by Gasteiger charge is 2.47. The van der Waals surface area contributed by atoms with Gasteiger partial charge in [0.2, 0.25) is 0 Å². The zero-order valence-electron chi connectivity index (χ0n) is 11.8. The summed E-state index contributed by atoms with van der Waals surface area (Å²) < 4.78 is 7.58. The van der Waals surface area contributed by atoms with Crippen molar-refractivity contribution in [2.45, 2.75) is 33.2 Å². The van der Waals surface area contributed by atoms with Gasteiger partial charge in [0, 0.05) is 0 Å². The molecule has 0 fully saturated rings. The predicted molar refractivity (Wildman–Crippen MR) is 71.1 cm³/mol. The van der Waals surface area contributed by atoms with Crippen LogP contribution in [0.25, 0.3) is 0 Å². The fourth-order valence-electron chi connectivity index (χ4n) is 3.05. The van der Waals surface area contributed by atoms with Crippen LogP contribution in [-0.2, 0) is 0 Å². The molecule has 0 bridgehead atoms. The van der Waals surface area contributed by atoms with Gasteiger partial charge in [0.05, 0.1) is 0 Å². The van der Waals surface area contributed by atoms with E-state index < -0.39 is 8.56 Å². The molecule has 0 atom stereocenters. The lowest BCUT2D eigenvalue weighted by Gasteiger charge is -2.51. The highest BCUT2D eigenvalue weighted by atomic mass is 28.4. The van der Waals surface area contributed by atoms with E-state index in [0.717, 1.165) is 13.1 Å². The smallest absolute Gasteiger partial charge is 0.291 e. The summed E-state index contributed by atoms with van der Waals surface area (Å²) in [4.78, 5) is 0. The van der Waals surface area contributed by atoms with Crippen molar-refractivity contribution in [2.75, 3.05) is 41.3 Å². The second kappa shape index (κ2) is 5.99. The first-order valence-corrected chi connectivity index (χ1v) is 7.87. The van der Waals surface area contributed by atoms with Crippen molar-refractivity contribution in [3.63, 3.8) is 0 Å². The van der Waals surface area contributed by atoms with E-state index in [2.05, 4.69) is 69.6 Å². The lowest BCUT2D eigenvalue weighted by molar-refractivity contribution is 0.314. The van der Waals surface area contributed by atoms with Crippen LogP contribution in [-0.4, -0.2) is 63.5 Å². The maximum Gasteiger partial charge on any atom is 0.291 e. The van der Waals surface area contributed by atoms with Gasteiger partial charge in [-0.25, -0.2) is 0 Å². The van der Waals surface area contributed by atoms with Crippen LogP contribution >= 0.6 is 0 Å². The number of nitrogens with zero attached hydrogens (tertiary/aromatic N) is 3. The van der Waals surface area contributed by atoms with Crippen molar-refractivity contribution in [3.05, 3.63) is 0 Å². The second-order valence-electron chi connectivity index (χ2n) is 4.80. The normalized spacial score (nSPS) is 13.6. The summed E-state index contributed by atoms with van der Waals surface area (Å²) in [7, 11) is 7.25. The van der Waals surface area contributed by atoms with Gasteiger partial charge in [-0.05, 0) is 46.8 Å². The molecule has 0 aromatic carbocycles. The average Bonchev–Trinajstić information content (AvgIpc) is 2.11. The Kier molecular flexibility index (Phi) is 6.03. The zero-order chi connectivity index (χ0) is 12.2. The Labute approximate surface area is 97.3 Å². The summed E-state index contributed by atoms with van der Waals surface area (Å²) in [5, 5.41) is 0. The molecule has 4 heteroatoms. The number of rotatable bonds is 6. The molecule has 0 N–H and O–H groups in total. The standard InChI is InChI=1S/C11H29N3Si/c1-9-14(10-2)15(11(3)4,12(5)6)13(7)8/h11H,9-10H2,1-8H3. The van der Waals surface area contributed by atoms with Gasteiger partial charge in [0.1, 0.15) is 0 Å². The third kappa shape index (κ3) is 2.61. The Morgan fingerprint density at radius 3 is 1.27 bits per heavy atom. The molecule has 0 aliphatic carbocycles. The fraction of sp³-hybridized carbons (Fsp3) is 1.00. The van der Waals surface area contributed by atoms with Gasteiger partial charge in [-0.1, -0.05) is 27.7 Å². The molecule has 0 radical (unpaired) electrons. The lowest BCUT2D eigenvalue weighted by Crippen LogP contribution is -2.73. The van der Waals surface area contributed by atoms with Crippen LogP contribution in [0.3, 0.4) is 0 Å². The van der Waals surface area contributed by atoms with E-state index in [1.165, 1.54) is 0 Å². The number of hydrogen-bond donors (Lipinski definition) is 0. The Morgan fingerprint density at radius 2 is 1.20 bits per heavy atom. The average molecular weight is 231 g/mol. The first-order chi connectivity index (χ1) is 6.85. The predicted octanol–water partition coefficient (Wildman–Crippen LogP) is 1.80.